The van der Waals surface area contributed by atoms with E-state index >= 15 is 0 Å². The number of carbonyl (C=O) groups is 1. The second-order valence-electron chi connectivity index (χ2n) is 11.4. The lowest BCUT2D eigenvalue weighted by atomic mass is 9.71. The van der Waals surface area contributed by atoms with Crippen LogP contribution in [0.15, 0.2) is 4.90 Å². The van der Waals surface area contributed by atoms with Crippen LogP contribution in [-0.2, 0) is 20.6 Å². The minimum atomic E-state index is -0.475. The van der Waals surface area contributed by atoms with Crippen molar-refractivity contribution < 1.29 is 18.8 Å². The van der Waals surface area contributed by atoms with E-state index in [0.29, 0.717) is 13.1 Å². The van der Waals surface area contributed by atoms with Crippen LogP contribution in [0.4, 0.5) is 4.79 Å². The third-order valence-electron chi connectivity index (χ3n) is 7.32. The van der Waals surface area contributed by atoms with Crippen molar-refractivity contribution >= 4 is 31.3 Å². The van der Waals surface area contributed by atoms with Crippen LogP contribution in [-0.4, -0.2) is 66.0 Å². The van der Waals surface area contributed by atoms with E-state index in [1.807, 2.05) is 20.8 Å². The molecule has 0 unspecified atom stereocenters. The zero-order valence-electron chi connectivity index (χ0n) is 22.1. The Balaban J connectivity index is 1.79. The standard InChI is InChI=1S/C25H41BN2O4S/c1-16-19(15-27-11-13-28(14-12-27)22(29)30-23(4,5)6)17(2)21(33)18(3)20(16)26-31-24(7,8)25(9,10)32-26/h33H,11-15H2,1-10H3. The van der Waals surface area contributed by atoms with E-state index in [9.17, 15) is 4.79 Å². The third-order valence-corrected chi connectivity index (χ3v) is 7.99. The highest BCUT2D eigenvalue weighted by atomic mass is 32.1. The molecule has 6 nitrogen and oxygen atoms in total. The molecule has 0 aromatic heterocycles. The molecular formula is C25H41BN2O4S. The van der Waals surface area contributed by atoms with Gasteiger partial charge in [0.05, 0.1) is 11.2 Å². The predicted octanol–water partition coefficient (Wildman–Crippen LogP) is 4.25. The van der Waals surface area contributed by atoms with E-state index in [1.54, 1.807) is 4.90 Å². The molecule has 2 heterocycles. The van der Waals surface area contributed by atoms with Gasteiger partial charge in [-0.2, -0.15) is 0 Å². The van der Waals surface area contributed by atoms with Crippen LogP contribution in [0.5, 0.6) is 0 Å². The minimum Gasteiger partial charge on any atom is -0.444 e. The first-order valence-corrected chi connectivity index (χ1v) is 12.4. The van der Waals surface area contributed by atoms with Crippen molar-refractivity contribution in [2.45, 2.75) is 97.5 Å². The molecule has 0 atom stereocenters. The molecule has 33 heavy (non-hydrogen) atoms. The van der Waals surface area contributed by atoms with Crippen LogP contribution < -0.4 is 5.46 Å². The first kappa shape index (κ1) is 26.4. The lowest BCUT2D eigenvalue weighted by Crippen LogP contribution is -2.50. The quantitative estimate of drug-likeness (QED) is 0.522. The lowest BCUT2D eigenvalue weighted by Gasteiger charge is -2.36. The van der Waals surface area contributed by atoms with Gasteiger partial charge in [-0.05, 0) is 97.0 Å². The Morgan fingerprint density at radius 3 is 1.97 bits per heavy atom. The van der Waals surface area contributed by atoms with Gasteiger partial charge in [0.1, 0.15) is 5.60 Å². The number of amides is 1. The monoisotopic (exact) mass is 476 g/mol. The Labute approximate surface area is 205 Å². The molecule has 0 radical (unpaired) electrons. The maximum Gasteiger partial charge on any atom is 0.495 e. The van der Waals surface area contributed by atoms with Gasteiger partial charge >= 0.3 is 13.2 Å². The third kappa shape index (κ3) is 5.39. The Bertz CT molecular complexity index is 902. The molecule has 0 spiro atoms. The highest BCUT2D eigenvalue weighted by molar-refractivity contribution is 7.80. The number of hydrogen-bond acceptors (Lipinski definition) is 6. The van der Waals surface area contributed by atoms with E-state index in [0.717, 1.165) is 35.6 Å². The fourth-order valence-corrected chi connectivity index (χ4v) is 4.72. The molecule has 2 saturated heterocycles. The fourth-order valence-electron chi connectivity index (χ4n) is 4.47. The Kier molecular flexibility index (Phi) is 7.28. The van der Waals surface area contributed by atoms with Crippen molar-refractivity contribution in [2.24, 2.45) is 0 Å². The van der Waals surface area contributed by atoms with Gasteiger partial charge in [0.15, 0.2) is 0 Å². The average Bonchev–Trinajstić information content (AvgIpc) is 2.89. The molecule has 0 saturated carbocycles. The number of carbonyl (C=O) groups excluding carboxylic acids is 1. The summed E-state index contributed by atoms with van der Waals surface area (Å²) in [6, 6.07) is 0. The predicted molar refractivity (Wildman–Crippen MR) is 137 cm³/mol. The number of thiol groups is 1. The molecule has 184 valence electrons. The summed E-state index contributed by atoms with van der Waals surface area (Å²) in [4.78, 5) is 17.6. The number of nitrogens with zero attached hydrogens (tertiary/aromatic N) is 2. The summed E-state index contributed by atoms with van der Waals surface area (Å²) >= 11 is 4.88. The van der Waals surface area contributed by atoms with Gasteiger partial charge in [-0.1, -0.05) is 0 Å². The zero-order valence-corrected chi connectivity index (χ0v) is 23.0. The first-order chi connectivity index (χ1) is 15.0. The van der Waals surface area contributed by atoms with Gasteiger partial charge in [0.25, 0.3) is 0 Å². The molecule has 8 heteroatoms. The number of benzene rings is 1. The van der Waals surface area contributed by atoms with E-state index in [4.69, 9.17) is 26.7 Å². The Hall–Kier alpha value is -1.22. The second-order valence-corrected chi connectivity index (χ2v) is 11.9. The van der Waals surface area contributed by atoms with Gasteiger partial charge < -0.3 is 18.9 Å². The number of ether oxygens (including phenoxy) is 1. The molecular weight excluding hydrogens is 435 g/mol. The van der Waals surface area contributed by atoms with Gasteiger partial charge in [-0.25, -0.2) is 4.79 Å². The summed E-state index contributed by atoms with van der Waals surface area (Å²) in [5.74, 6) is 0. The topological polar surface area (TPSA) is 51.2 Å². The van der Waals surface area contributed by atoms with Crippen LogP contribution in [0.25, 0.3) is 0 Å². The van der Waals surface area contributed by atoms with Gasteiger partial charge in [-0.3, -0.25) is 4.90 Å². The first-order valence-electron chi connectivity index (χ1n) is 11.9. The summed E-state index contributed by atoms with van der Waals surface area (Å²) in [6.45, 7) is 24.2. The molecule has 1 aromatic carbocycles. The summed E-state index contributed by atoms with van der Waals surface area (Å²) in [5, 5.41) is 0. The lowest BCUT2D eigenvalue weighted by molar-refractivity contribution is 0.00578. The van der Waals surface area contributed by atoms with Crippen LogP contribution in [0.3, 0.4) is 0 Å². The molecule has 0 bridgehead atoms. The molecule has 2 aliphatic rings. The van der Waals surface area contributed by atoms with E-state index < -0.39 is 23.9 Å². The van der Waals surface area contributed by atoms with Crippen LogP contribution >= 0.6 is 12.6 Å². The maximum absolute atomic E-state index is 12.4. The van der Waals surface area contributed by atoms with Crippen molar-refractivity contribution in [2.75, 3.05) is 26.2 Å². The molecule has 1 aromatic rings. The maximum atomic E-state index is 12.4. The van der Waals surface area contributed by atoms with Crippen LogP contribution in [0, 0.1) is 20.8 Å². The van der Waals surface area contributed by atoms with E-state index in [2.05, 4.69) is 53.4 Å². The summed E-state index contributed by atoms with van der Waals surface area (Å²) < 4.78 is 18.3. The molecule has 0 N–H and O–H groups in total. The molecule has 3 rings (SSSR count). The number of rotatable bonds is 3. The van der Waals surface area contributed by atoms with Gasteiger partial charge in [0, 0.05) is 37.6 Å². The number of hydrogen-bond donors (Lipinski definition) is 1. The molecule has 1 amide bonds. The Morgan fingerprint density at radius 1 is 0.970 bits per heavy atom. The average molecular weight is 476 g/mol. The zero-order chi connectivity index (χ0) is 24.9. The summed E-state index contributed by atoms with van der Waals surface area (Å²) in [6.07, 6.45) is -0.231. The van der Waals surface area contributed by atoms with Crippen molar-refractivity contribution in [3.8, 4) is 0 Å². The fraction of sp³-hybridized carbons (Fsp3) is 0.720. The van der Waals surface area contributed by atoms with Crippen molar-refractivity contribution in [1.29, 1.82) is 0 Å². The SMILES string of the molecule is Cc1c(S)c(C)c(B2OC(C)(C)C(C)(C)O2)c(C)c1CN1CCN(C(=O)OC(C)(C)C)CC1. The highest BCUT2D eigenvalue weighted by Gasteiger charge is 2.52. The van der Waals surface area contributed by atoms with Crippen molar-refractivity contribution in [1.82, 2.24) is 9.80 Å². The van der Waals surface area contributed by atoms with Crippen molar-refractivity contribution in [3.63, 3.8) is 0 Å². The minimum absolute atomic E-state index is 0.231. The van der Waals surface area contributed by atoms with E-state index in [1.165, 1.54) is 16.7 Å². The largest absolute Gasteiger partial charge is 0.495 e. The van der Waals surface area contributed by atoms with Gasteiger partial charge in [-0.15, -0.1) is 12.6 Å². The summed E-state index contributed by atoms with van der Waals surface area (Å²) in [7, 11) is -0.413. The number of piperazine rings is 1. The van der Waals surface area contributed by atoms with Crippen molar-refractivity contribution in [3.05, 3.63) is 22.3 Å². The molecule has 2 fully saturated rings. The highest BCUT2D eigenvalue weighted by Crippen LogP contribution is 2.38. The Morgan fingerprint density at radius 2 is 1.48 bits per heavy atom. The normalized spacial score (nSPS) is 20.9. The summed E-state index contributed by atoms with van der Waals surface area (Å²) in [5.41, 5.74) is 4.61. The van der Waals surface area contributed by atoms with Crippen LogP contribution in [0.2, 0.25) is 0 Å². The molecule has 2 aliphatic heterocycles. The second kappa shape index (κ2) is 9.10. The smallest absolute Gasteiger partial charge is 0.444 e. The van der Waals surface area contributed by atoms with E-state index in [-0.39, 0.29) is 6.09 Å². The van der Waals surface area contributed by atoms with Gasteiger partial charge in [0.2, 0.25) is 0 Å². The molecule has 0 aliphatic carbocycles. The van der Waals surface area contributed by atoms with Crippen LogP contribution in [0.1, 0.15) is 70.7 Å².